The summed E-state index contributed by atoms with van der Waals surface area (Å²) in [5.41, 5.74) is 1.14. The van der Waals surface area contributed by atoms with Gasteiger partial charge in [-0.1, -0.05) is 11.6 Å². The third-order valence-corrected chi connectivity index (χ3v) is 6.44. The van der Waals surface area contributed by atoms with Crippen LogP contribution >= 0.6 is 11.6 Å². The van der Waals surface area contributed by atoms with Gasteiger partial charge in [-0.25, -0.2) is 4.79 Å². The zero-order chi connectivity index (χ0) is 26.5. The third kappa shape index (κ3) is 5.82. The lowest BCUT2D eigenvalue weighted by Crippen LogP contribution is -2.35. The van der Waals surface area contributed by atoms with Crippen LogP contribution in [0.1, 0.15) is 41.2 Å². The van der Waals surface area contributed by atoms with Crippen molar-refractivity contribution in [3.63, 3.8) is 0 Å². The fourth-order valence-corrected chi connectivity index (χ4v) is 4.50. The minimum atomic E-state index is -1.08. The molecule has 4 rings (SSSR count). The maximum absolute atomic E-state index is 13.4. The summed E-state index contributed by atoms with van der Waals surface area (Å²) < 4.78 is 12.6. The number of rotatable bonds is 8. The highest BCUT2D eigenvalue weighted by atomic mass is 35.5. The Morgan fingerprint density at radius 2 is 2.00 bits per heavy atom. The van der Waals surface area contributed by atoms with Gasteiger partial charge in [0.05, 0.1) is 36.6 Å². The van der Waals surface area contributed by atoms with Crippen molar-refractivity contribution < 1.29 is 24.2 Å². The molecule has 10 heteroatoms. The molecule has 9 nitrogen and oxygen atoms in total. The van der Waals surface area contributed by atoms with Gasteiger partial charge in [0, 0.05) is 40.9 Å². The van der Waals surface area contributed by atoms with Crippen molar-refractivity contribution in [1.82, 2.24) is 4.57 Å². The van der Waals surface area contributed by atoms with Crippen molar-refractivity contribution in [2.24, 2.45) is 0 Å². The molecule has 0 radical (unpaired) electrons. The number of hydrogen-bond acceptors (Lipinski definition) is 6. The molecule has 2 aromatic carbocycles. The second-order valence-electron chi connectivity index (χ2n) is 8.56. The van der Waals surface area contributed by atoms with E-state index in [0.29, 0.717) is 34.0 Å². The first-order valence-corrected chi connectivity index (χ1v) is 11.9. The average molecular weight is 522 g/mol. The van der Waals surface area contributed by atoms with Crippen molar-refractivity contribution in [1.29, 1.82) is 5.26 Å². The highest BCUT2D eigenvalue weighted by Crippen LogP contribution is 2.34. The number of amides is 1. The number of nitrogens with zero attached hydrogens (tertiary/aromatic N) is 2. The minimum Gasteiger partial charge on any atom is -0.495 e. The molecule has 2 unspecified atom stereocenters. The number of pyridine rings is 1. The number of anilines is 1. The summed E-state index contributed by atoms with van der Waals surface area (Å²) in [5.74, 6) is -1.25. The second-order valence-corrected chi connectivity index (χ2v) is 9.00. The monoisotopic (exact) mass is 521 g/mol. The first-order valence-electron chi connectivity index (χ1n) is 11.6. The fourth-order valence-electron chi connectivity index (χ4n) is 4.33. The van der Waals surface area contributed by atoms with Crippen LogP contribution in [0.3, 0.4) is 0 Å². The molecule has 1 aromatic heterocycles. The maximum Gasteiger partial charge on any atom is 0.335 e. The number of carboxylic acids is 1. The zero-order valence-electron chi connectivity index (χ0n) is 19.9. The number of carboxylic acid groups (broad SMARTS) is 1. The average Bonchev–Trinajstić information content (AvgIpc) is 3.41. The lowest BCUT2D eigenvalue weighted by molar-refractivity contribution is -0.120. The summed E-state index contributed by atoms with van der Waals surface area (Å²) in [6.07, 6.45) is 3.11. The van der Waals surface area contributed by atoms with E-state index in [2.05, 4.69) is 11.4 Å². The van der Waals surface area contributed by atoms with Crippen LogP contribution in [0.4, 0.5) is 5.69 Å². The first-order chi connectivity index (χ1) is 17.8. The Kier molecular flexibility index (Phi) is 7.92. The Hall–Kier alpha value is -4.13. The van der Waals surface area contributed by atoms with E-state index in [0.717, 1.165) is 12.8 Å². The predicted octanol–water partition coefficient (Wildman–Crippen LogP) is 4.50. The predicted molar refractivity (Wildman–Crippen MR) is 137 cm³/mol. The molecule has 190 valence electrons. The number of aromatic nitrogens is 1. The summed E-state index contributed by atoms with van der Waals surface area (Å²) in [4.78, 5) is 37.9. The lowest BCUT2D eigenvalue weighted by atomic mass is 9.99. The minimum absolute atomic E-state index is 0.0863. The Bertz CT molecular complexity index is 1420. The van der Waals surface area contributed by atoms with Gasteiger partial charge in [0.2, 0.25) is 5.91 Å². The molecule has 1 saturated heterocycles. The van der Waals surface area contributed by atoms with Crippen molar-refractivity contribution in [2.45, 2.75) is 31.4 Å². The van der Waals surface area contributed by atoms with E-state index < -0.39 is 23.5 Å². The molecule has 2 atom stereocenters. The third-order valence-electron chi connectivity index (χ3n) is 6.20. The molecule has 0 aliphatic carbocycles. The van der Waals surface area contributed by atoms with E-state index in [1.54, 1.807) is 18.2 Å². The van der Waals surface area contributed by atoms with E-state index in [-0.39, 0.29) is 23.8 Å². The molecule has 37 heavy (non-hydrogen) atoms. The van der Waals surface area contributed by atoms with Crippen molar-refractivity contribution in [2.75, 3.05) is 19.0 Å². The van der Waals surface area contributed by atoms with E-state index in [1.807, 2.05) is 0 Å². The number of ether oxygens (including phenoxy) is 2. The molecule has 1 aliphatic heterocycles. The maximum atomic E-state index is 13.4. The fraction of sp³-hybridized carbons (Fsp3) is 0.259. The van der Waals surface area contributed by atoms with Crippen LogP contribution in [0, 0.1) is 11.3 Å². The molecular formula is C27H24ClN3O6. The van der Waals surface area contributed by atoms with Crippen LogP contribution in [0.15, 0.2) is 59.5 Å². The van der Waals surface area contributed by atoms with Gasteiger partial charge in [-0.15, -0.1) is 0 Å². The number of nitrogens with one attached hydrogen (secondary N) is 1. The van der Waals surface area contributed by atoms with Crippen molar-refractivity contribution >= 4 is 29.2 Å². The summed E-state index contributed by atoms with van der Waals surface area (Å²) >= 11 is 6.15. The number of carbonyl (C=O) groups excluding carboxylic acids is 1. The smallest absolute Gasteiger partial charge is 0.335 e. The quantitative estimate of drug-likeness (QED) is 0.446. The van der Waals surface area contributed by atoms with Gasteiger partial charge in [0.15, 0.2) is 0 Å². The molecule has 3 aromatic rings. The van der Waals surface area contributed by atoms with Crippen LogP contribution in [0.2, 0.25) is 5.02 Å². The normalized spacial score (nSPS) is 15.5. The topological polar surface area (TPSA) is 131 Å². The molecule has 0 saturated carbocycles. The van der Waals surface area contributed by atoms with Gasteiger partial charge >= 0.3 is 5.97 Å². The number of nitriles is 1. The Morgan fingerprint density at radius 1 is 1.24 bits per heavy atom. The molecule has 2 heterocycles. The second kappa shape index (κ2) is 11.3. The van der Waals surface area contributed by atoms with Crippen LogP contribution < -0.4 is 15.6 Å². The summed E-state index contributed by atoms with van der Waals surface area (Å²) in [5, 5.41) is 21.8. The van der Waals surface area contributed by atoms with Crippen LogP contribution in [0.25, 0.3) is 11.1 Å². The molecule has 1 aliphatic rings. The van der Waals surface area contributed by atoms with Crippen LogP contribution in [-0.2, 0) is 9.53 Å². The molecular weight excluding hydrogens is 498 g/mol. The first kappa shape index (κ1) is 25.9. The van der Waals surface area contributed by atoms with Gasteiger partial charge < -0.3 is 19.9 Å². The number of aromatic carboxylic acids is 1. The Morgan fingerprint density at radius 3 is 2.62 bits per heavy atom. The highest BCUT2D eigenvalue weighted by Gasteiger charge is 2.29. The zero-order valence-corrected chi connectivity index (χ0v) is 20.7. The van der Waals surface area contributed by atoms with Gasteiger partial charge in [-0.2, -0.15) is 5.26 Å². The van der Waals surface area contributed by atoms with Gasteiger partial charge in [-0.3, -0.25) is 14.2 Å². The van der Waals surface area contributed by atoms with Crippen LogP contribution in [-0.4, -0.2) is 41.4 Å². The van der Waals surface area contributed by atoms with Gasteiger partial charge in [0.1, 0.15) is 11.8 Å². The van der Waals surface area contributed by atoms with E-state index >= 15 is 0 Å². The molecule has 1 amide bonds. The molecule has 0 spiro atoms. The summed E-state index contributed by atoms with van der Waals surface area (Å²) in [6.45, 7) is 0.582. The molecule has 1 fully saturated rings. The van der Waals surface area contributed by atoms with Crippen molar-refractivity contribution in [3.05, 3.63) is 81.2 Å². The number of carbonyl (C=O) groups is 2. The highest BCUT2D eigenvalue weighted by molar-refractivity contribution is 6.31. The number of halogens is 1. The molecule has 0 bridgehead atoms. The summed E-state index contributed by atoms with van der Waals surface area (Å²) in [6, 6.07) is 12.9. The standard InChI is InChI=1S/C27H24ClN3O6/c1-36-24-15-31(25(32)13-22(24)21-11-18(28)7-4-17(21)14-29)23(12-20-3-2-10-37-20)26(33)30-19-8-5-16(6-9-19)27(34)35/h4-9,11,13,15,20,23H,2-3,10,12H2,1H3,(H,30,33)(H,34,35). The van der Waals surface area contributed by atoms with Crippen molar-refractivity contribution in [3.8, 4) is 22.9 Å². The van der Waals surface area contributed by atoms with Gasteiger partial charge in [-0.05, 0) is 55.3 Å². The van der Waals surface area contributed by atoms with E-state index in [1.165, 1.54) is 48.2 Å². The van der Waals surface area contributed by atoms with E-state index in [4.69, 9.17) is 26.2 Å². The Labute approximate surface area is 217 Å². The van der Waals surface area contributed by atoms with Gasteiger partial charge in [0.25, 0.3) is 5.56 Å². The Balaban J connectivity index is 1.73. The number of methoxy groups -OCH3 is 1. The summed E-state index contributed by atoms with van der Waals surface area (Å²) in [7, 11) is 1.43. The van der Waals surface area contributed by atoms with E-state index in [9.17, 15) is 19.6 Å². The molecule has 2 N–H and O–H groups in total. The SMILES string of the molecule is COc1cn(C(CC2CCCO2)C(=O)Nc2ccc(C(=O)O)cc2)c(=O)cc1-c1cc(Cl)ccc1C#N. The number of hydrogen-bond donors (Lipinski definition) is 2. The lowest BCUT2D eigenvalue weighted by Gasteiger charge is -2.23. The largest absolute Gasteiger partial charge is 0.495 e. The number of benzene rings is 2. The van der Waals surface area contributed by atoms with Crippen LogP contribution in [0.5, 0.6) is 5.75 Å².